The molecule has 0 aromatic heterocycles. The lowest BCUT2D eigenvalue weighted by atomic mass is 10.0. The third kappa shape index (κ3) is 53.2. The zero-order valence-electron chi connectivity index (χ0n) is 39.8. The van der Waals surface area contributed by atoms with E-state index < -0.39 is 0 Å². The summed E-state index contributed by atoms with van der Waals surface area (Å²) in [5.74, 6) is 0.0208. The van der Waals surface area contributed by atoms with Crippen molar-refractivity contribution in [2.45, 2.75) is 328 Å². The minimum Gasteiger partial charge on any atom is -0.466 e. The summed E-state index contributed by atoms with van der Waals surface area (Å²) in [6, 6.07) is 0. The number of esters is 1. The molecule has 0 N–H and O–H groups in total. The molecule has 0 saturated carbocycles. The fraction of sp³-hybridized carbons (Fsp3) is 0.945. The van der Waals surface area contributed by atoms with Gasteiger partial charge in [0.05, 0.1) is 6.61 Å². The molecule has 0 aliphatic heterocycles. The minimum atomic E-state index is 0.0208. The second-order valence-electron chi connectivity index (χ2n) is 18.6. The summed E-state index contributed by atoms with van der Waals surface area (Å²) in [7, 11) is 0. The Kier molecular flexibility index (Phi) is 52.5. The summed E-state index contributed by atoms with van der Waals surface area (Å²) in [5.41, 5.74) is 0. The molecule has 0 radical (unpaired) electrons. The summed E-state index contributed by atoms with van der Waals surface area (Å²) in [6.45, 7) is 5.21. The average molecular weight is 801 g/mol. The number of carbonyl (C=O) groups is 1. The predicted octanol–water partition coefficient (Wildman–Crippen LogP) is 20.2. The Balaban J connectivity index is 3.13. The summed E-state index contributed by atoms with van der Waals surface area (Å²) in [4.78, 5) is 12.0. The highest BCUT2D eigenvalue weighted by molar-refractivity contribution is 5.69. The molecule has 0 aliphatic carbocycles. The molecular formula is C55H108O2. The van der Waals surface area contributed by atoms with Crippen molar-refractivity contribution in [1.29, 1.82) is 0 Å². The molecule has 0 aliphatic rings. The number of hydrogen-bond acceptors (Lipinski definition) is 2. The van der Waals surface area contributed by atoms with Crippen LogP contribution in [-0.4, -0.2) is 12.6 Å². The largest absolute Gasteiger partial charge is 0.466 e. The highest BCUT2D eigenvalue weighted by Crippen LogP contribution is 2.18. The normalized spacial score (nSPS) is 11.7. The van der Waals surface area contributed by atoms with Gasteiger partial charge in [-0.05, 0) is 38.5 Å². The Labute approximate surface area is 361 Å². The molecule has 0 aromatic rings. The van der Waals surface area contributed by atoms with Crippen LogP contribution in [0.1, 0.15) is 328 Å². The number of rotatable bonds is 51. The van der Waals surface area contributed by atoms with E-state index in [4.69, 9.17) is 4.74 Å². The van der Waals surface area contributed by atoms with E-state index in [0.29, 0.717) is 13.0 Å². The van der Waals surface area contributed by atoms with Crippen molar-refractivity contribution in [3.8, 4) is 0 Å². The highest BCUT2D eigenvalue weighted by atomic mass is 16.5. The predicted molar refractivity (Wildman–Crippen MR) is 258 cm³/mol. The monoisotopic (exact) mass is 801 g/mol. The molecule has 2 nitrogen and oxygen atoms in total. The molecular weight excluding hydrogens is 693 g/mol. The van der Waals surface area contributed by atoms with Crippen molar-refractivity contribution >= 4 is 5.97 Å². The van der Waals surface area contributed by atoms with Gasteiger partial charge in [-0.1, -0.05) is 296 Å². The molecule has 0 rings (SSSR count). The van der Waals surface area contributed by atoms with Gasteiger partial charge in [-0.3, -0.25) is 4.79 Å². The van der Waals surface area contributed by atoms with Crippen molar-refractivity contribution < 1.29 is 9.53 Å². The average Bonchev–Trinajstić information content (AvgIpc) is 3.22. The molecule has 2 heteroatoms. The zero-order chi connectivity index (χ0) is 41.1. The van der Waals surface area contributed by atoms with Crippen molar-refractivity contribution in [1.82, 2.24) is 0 Å². The summed E-state index contributed by atoms with van der Waals surface area (Å²) >= 11 is 0. The van der Waals surface area contributed by atoms with Crippen LogP contribution in [0.4, 0.5) is 0 Å². The maximum absolute atomic E-state index is 12.0. The van der Waals surface area contributed by atoms with Crippen LogP contribution in [0.15, 0.2) is 12.2 Å². The molecule has 0 bridgehead atoms. The fourth-order valence-corrected chi connectivity index (χ4v) is 8.61. The van der Waals surface area contributed by atoms with E-state index in [1.807, 2.05) is 0 Å². The van der Waals surface area contributed by atoms with Gasteiger partial charge in [0.1, 0.15) is 0 Å². The van der Waals surface area contributed by atoms with Gasteiger partial charge in [-0.15, -0.1) is 0 Å². The molecule has 0 saturated heterocycles. The third-order valence-corrected chi connectivity index (χ3v) is 12.7. The lowest BCUT2D eigenvalue weighted by molar-refractivity contribution is -0.143. The summed E-state index contributed by atoms with van der Waals surface area (Å²) < 4.78 is 5.47. The van der Waals surface area contributed by atoms with Crippen molar-refractivity contribution in [2.24, 2.45) is 0 Å². The van der Waals surface area contributed by atoms with Crippen LogP contribution in [0.2, 0.25) is 0 Å². The van der Waals surface area contributed by atoms with Crippen molar-refractivity contribution in [3.05, 3.63) is 12.2 Å². The van der Waals surface area contributed by atoms with Gasteiger partial charge in [-0.2, -0.15) is 0 Å². The van der Waals surface area contributed by atoms with E-state index in [0.717, 1.165) is 19.3 Å². The molecule has 0 unspecified atom stereocenters. The van der Waals surface area contributed by atoms with Gasteiger partial charge in [0.25, 0.3) is 0 Å². The molecule has 0 spiro atoms. The van der Waals surface area contributed by atoms with Gasteiger partial charge in [0.15, 0.2) is 0 Å². The zero-order valence-corrected chi connectivity index (χ0v) is 39.8. The molecule has 0 aromatic carbocycles. The molecule has 340 valence electrons. The maximum atomic E-state index is 12.0. The highest BCUT2D eigenvalue weighted by Gasteiger charge is 2.03. The van der Waals surface area contributed by atoms with Crippen LogP contribution >= 0.6 is 0 Å². The second-order valence-corrected chi connectivity index (χ2v) is 18.6. The van der Waals surface area contributed by atoms with Crippen LogP contribution in [0.25, 0.3) is 0 Å². The standard InChI is InChI=1S/C55H108O2/c1-3-5-7-9-11-13-15-17-18-19-20-21-22-23-24-25-26-27-28-29-30-31-32-33-34-35-36-37-38-39-40-42-44-46-48-50-52-54-57-55(56)53-51-49-47-45-43-41-16-14-12-10-8-6-4-2/h14,16H,3-13,15,17-54H2,1-2H3/b16-14-. The lowest BCUT2D eigenvalue weighted by Gasteiger charge is -2.06. The number of hydrogen-bond donors (Lipinski definition) is 0. The molecule has 57 heavy (non-hydrogen) atoms. The van der Waals surface area contributed by atoms with Gasteiger partial charge in [-0.25, -0.2) is 0 Å². The Morgan fingerprint density at radius 2 is 0.491 bits per heavy atom. The molecule has 0 amide bonds. The summed E-state index contributed by atoms with van der Waals surface area (Å²) in [5, 5.41) is 0. The van der Waals surface area contributed by atoms with Crippen LogP contribution in [-0.2, 0) is 9.53 Å². The Morgan fingerprint density at radius 3 is 0.772 bits per heavy atom. The number of unbranched alkanes of at least 4 members (excludes halogenated alkanes) is 45. The Hall–Kier alpha value is -0.790. The molecule has 0 atom stereocenters. The first-order valence-corrected chi connectivity index (χ1v) is 27.1. The van der Waals surface area contributed by atoms with Crippen LogP contribution in [0.3, 0.4) is 0 Å². The van der Waals surface area contributed by atoms with E-state index in [9.17, 15) is 4.79 Å². The van der Waals surface area contributed by atoms with Crippen LogP contribution in [0.5, 0.6) is 0 Å². The number of allylic oxidation sites excluding steroid dienone is 2. The van der Waals surface area contributed by atoms with Gasteiger partial charge in [0.2, 0.25) is 0 Å². The number of ether oxygens (including phenoxy) is 1. The second kappa shape index (κ2) is 53.2. The first-order valence-electron chi connectivity index (χ1n) is 27.1. The fourth-order valence-electron chi connectivity index (χ4n) is 8.61. The smallest absolute Gasteiger partial charge is 0.305 e. The minimum absolute atomic E-state index is 0.0208. The topological polar surface area (TPSA) is 26.3 Å². The van der Waals surface area contributed by atoms with Crippen LogP contribution < -0.4 is 0 Å². The maximum Gasteiger partial charge on any atom is 0.305 e. The van der Waals surface area contributed by atoms with E-state index in [1.54, 1.807) is 0 Å². The third-order valence-electron chi connectivity index (χ3n) is 12.7. The first kappa shape index (κ1) is 56.2. The quantitative estimate of drug-likeness (QED) is 0.0348. The Bertz CT molecular complexity index is 743. The molecule has 0 fully saturated rings. The number of carbonyl (C=O) groups excluding carboxylic acids is 1. The van der Waals surface area contributed by atoms with E-state index >= 15 is 0 Å². The van der Waals surface area contributed by atoms with Gasteiger partial charge >= 0.3 is 5.97 Å². The Morgan fingerprint density at radius 1 is 0.281 bits per heavy atom. The van der Waals surface area contributed by atoms with Crippen LogP contribution in [0, 0.1) is 0 Å². The summed E-state index contributed by atoms with van der Waals surface area (Å²) in [6.07, 6.45) is 72.5. The van der Waals surface area contributed by atoms with E-state index in [1.165, 1.54) is 289 Å². The van der Waals surface area contributed by atoms with Gasteiger partial charge in [0, 0.05) is 6.42 Å². The van der Waals surface area contributed by atoms with E-state index in [-0.39, 0.29) is 5.97 Å². The molecule has 0 heterocycles. The SMILES string of the molecule is CCCCCC/C=C\CCCCCCCC(=O)OCCCCCCCCCCCCCCCCCCCCCCCCCCCCCCCCCCCCCCC. The van der Waals surface area contributed by atoms with Gasteiger partial charge < -0.3 is 4.74 Å². The van der Waals surface area contributed by atoms with Crippen molar-refractivity contribution in [2.75, 3.05) is 6.61 Å². The van der Waals surface area contributed by atoms with Crippen molar-refractivity contribution in [3.63, 3.8) is 0 Å². The lowest BCUT2D eigenvalue weighted by Crippen LogP contribution is -2.05. The first-order chi connectivity index (χ1) is 28.3. The van der Waals surface area contributed by atoms with E-state index in [2.05, 4.69) is 26.0 Å².